The minimum atomic E-state index is -4.43. The lowest BCUT2D eigenvalue weighted by Gasteiger charge is -2.33. The van der Waals surface area contributed by atoms with Crippen molar-refractivity contribution in [2.75, 3.05) is 32.7 Å². The number of nitrogens with zero attached hydrogens (tertiary/aromatic N) is 2. The Hall–Kier alpha value is -1.02. The summed E-state index contributed by atoms with van der Waals surface area (Å²) in [6, 6.07) is 4.39. The number of amides is 1. The van der Waals surface area contributed by atoms with E-state index in [0.29, 0.717) is 38.3 Å². The average Bonchev–Trinajstić information content (AvgIpc) is 3.01. The highest BCUT2D eigenvalue weighted by Crippen LogP contribution is 2.35. The molecule has 1 aliphatic heterocycles. The van der Waals surface area contributed by atoms with E-state index < -0.39 is 17.8 Å². The molecule has 1 fully saturated rings. The molecule has 1 amide bonds. The number of rotatable bonds is 6. The molecule has 0 spiro atoms. The van der Waals surface area contributed by atoms with Gasteiger partial charge in [0.1, 0.15) is 6.04 Å². The van der Waals surface area contributed by atoms with Crippen molar-refractivity contribution in [2.24, 2.45) is 11.1 Å². The Bertz CT molecular complexity index is 641. The second-order valence-corrected chi connectivity index (χ2v) is 7.27. The van der Waals surface area contributed by atoms with Crippen LogP contribution in [-0.4, -0.2) is 48.4 Å². The van der Waals surface area contributed by atoms with Gasteiger partial charge in [-0.15, -0.1) is 24.8 Å². The third-order valence-electron chi connectivity index (χ3n) is 5.30. The Morgan fingerprint density at radius 1 is 1.29 bits per heavy atom. The zero-order valence-corrected chi connectivity index (χ0v) is 18.1. The maximum Gasteiger partial charge on any atom is 0.416 e. The van der Waals surface area contributed by atoms with Crippen molar-refractivity contribution in [2.45, 2.75) is 39.4 Å². The second kappa shape index (κ2) is 10.7. The number of hydrogen-bond acceptors (Lipinski definition) is 3. The third kappa shape index (κ3) is 5.99. The predicted molar refractivity (Wildman–Crippen MR) is 110 cm³/mol. The van der Waals surface area contributed by atoms with Gasteiger partial charge < -0.3 is 10.6 Å². The highest BCUT2D eigenvalue weighted by Gasteiger charge is 2.39. The minimum absolute atomic E-state index is 0. The molecule has 2 rings (SSSR count). The van der Waals surface area contributed by atoms with Crippen LogP contribution >= 0.6 is 24.8 Å². The summed E-state index contributed by atoms with van der Waals surface area (Å²) in [7, 11) is 0. The average molecular weight is 444 g/mol. The molecule has 28 heavy (non-hydrogen) atoms. The summed E-state index contributed by atoms with van der Waals surface area (Å²) in [5.41, 5.74) is 5.35. The first kappa shape index (κ1) is 27.0. The van der Waals surface area contributed by atoms with Gasteiger partial charge in [-0.2, -0.15) is 13.2 Å². The summed E-state index contributed by atoms with van der Waals surface area (Å²) < 4.78 is 39.4. The maximum atomic E-state index is 13.2. The van der Waals surface area contributed by atoms with Crippen molar-refractivity contribution in [3.63, 3.8) is 0 Å². The molecule has 0 bridgehead atoms. The first-order valence-corrected chi connectivity index (χ1v) is 9.05. The number of likely N-dealkylation sites (tertiary alicyclic amines) is 1. The van der Waals surface area contributed by atoms with E-state index in [1.807, 2.05) is 25.7 Å². The van der Waals surface area contributed by atoms with Gasteiger partial charge in [0, 0.05) is 13.1 Å². The predicted octanol–water partition coefficient (Wildman–Crippen LogP) is 4.13. The van der Waals surface area contributed by atoms with Gasteiger partial charge in [0.15, 0.2) is 0 Å². The van der Waals surface area contributed by atoms with Crippen LogP contribution in [0.3, 0.4) is 0 Å². The van der Waals surface area contributed by atoms with Crippen LogP contribution in [0.5, 0.6) is 0 Å². The van der Waals surface area contributed by atoms with Gasteiger partial charge >= 0.3 is 6.18 Å². The summed E-state index contributed by atoms with van der Waals surface area (Å²) in [6.07, 6.45) is -3.62. The molecule has 0 aromatic heterocycles. The Morgan fingerprint density at radius 2 is 1.89 bits per heavy atom. The maximum absolute atomic E-state index is 13.2. The molecule has 1 aliphatic rings. The molecule has 2 N–H and O–H groups in total. The van der Waals surface area contributed by atoms with Crippen molar-refractivity contribution in [1.29, 1.82) is 0 Å². The van der Waals surface area contributed by atoms with Crippen LogP contribution in [0.1, 0.15) is 44.4 Å². The fraction of sp³-hybridized carbons (Fsp3) is 0.632. The lowest BCUT2D eigenvalue weighted by Crippen LogP contribution is -2.43. The number of halogens is 5. The Labute approximate surface area is 177 Å². The summed E-state index contributed by atoms with van der Waals surface area (Å²) in [5.74, 6) is -0.148. The van der Waals surface area contributed by atoms with Crippen molar-refractivity contribution in [3.05, 3.63) is 35.4 Å². The molecule has 0 radical (unpaired) electrons. The van der Waals surface area contributed by atoms with Crippen LogP contribution < -0.4 is 5.73 Å². The number of carbonyl (C=O) groups is 1. The summed E-state index contributed by atoms with van der Waals surface area (Å²) in [6.45, 7) is 8.61. The third-order valence-corrected chi connectivity index (χ3v) is 5.30. The first-order chi connectivity index (χ1) is 12.1. The van der Waals surface area contributed by atoms with Gasteiger partial charge in [-0.05, 0) is 49.2 Å². The minimum Gasteiger partial charge on any atom is -0.340 e. The van der Waals surface area contributed by atoms with Crippen molar-refractivity contribution in [3.8, 4) is 0 Å². The van der Waals surface area contributed by atoms with E-state index in [-0.39, 0.29) is 36.1 Å². The van der Waals surface area contributed by atoms with E-state index in [9.17, 15) is 18.0 Å². The molecular weight excluding hydrogens is 414 g/mol. The van der Waals surface area contributed by atoms with Gasteiger partial charge in [0.2, 0.25) is 5.91 Å². The van der Waals surface area contributed by atoms with E-state index in [2.05, 4.69) is 0 Å². The first-order valence-electron chi connectivity index (χ1n) is 9.05. The van der Waals surface area contributed by atoms with Crippen LogP contribution in [0, 0.1) is 5.41 Å². The molecule has 1 saturated heterocycles. The topological polar surface area (TPSA) is 49.6 Å². The van der Waals surface area contributed by atoms with Crippen LogP contribution in [0.15, 0.2) is 24.3 Å². The van der Waals surface area contributed by atoms with Crippen molar-refractivity contribution < 1.29 is 18.0 Å². The number of benzene rings is 1. The Balaban J connectivity index is 0.00000364. The molecule has 2 atom stereocenters. The molecule has 9 heteroatoms. The smallest absolute Gasteiger partial charge is 0.340 e. The Morgan fingerprint density at radius 3 is 2.36 bits per heavy atom. The van der Waals surface area contributed by atoms with Gasteiger partial charge in [0.25, 0.3) is 0 Å². The van der Waals surface area contributed by atoms with E-state index in [4.69, 9.17) is 5.73 Å². The number of nitrogens with two attached hydrogens (primary N) is 1. The molecular formula is C19H30Cl2F3N3O. The number of hydrogen-bond donors (Lipinski definition) is 1. The number of alkyl halides is 3. The molecule has 1 heterocycles. The number of carbonyl (C=O) groups excluding carboxylic acids is 1. The van der Waals surface area contributed by atoms with E-state index in [1.165, 1.54) is 6.07 Å². The monoisotopic (exact) mass is 443 g/mol. The Kier molecular flexibility index (Phi) is 10.3. The van der Waals surface area contributed by atoms with Gasteiger partial charge in [0.05, 0.1) is 5.56 Å². The van der Waals surface area contributed by atoms with Crippen LogP contribution in [-0.2, 0) is 11.0 Å². The molecule has 0 saturated carbocycles. The second-order valence-electron chi connectivity index (χ2n) is 7.27. The molecule has 162 valence electrons. The zero-order chi connectivity index (χ0) is 19.5. The highest BCUT2D eigenvalue weighted by molar-refractivity contribution is 5.85. The SMILES string of the molecule is CCN(CC)C(C(=O)N1CCC(C)(CN)C1)c1cccc(C(F)(F)F)c1.Cl.Cl. The van der Waals surface area contributed by atoms with Gasteiger partial charge in [-0.25, -0.2) is 0 Å². The largest absolute Gasteiger partial charge is 0.416 e. The van der Waals surface area contributed by atoms with Gasteiger partial charge in [-0.3, -0.25) is 9.69 Å². The fourth-order valence-corrected chi connectivity index (χ4v) is 3.53. The molecule has 2 unspecified atom stereocenters. The standard InChI is InChI=1S/C19H28F3N3O.2ClH/c1-4-24(5-2)16(14-7-6-8-15(11-14)19(20,21)22)17(26)25-10-9-18(3,12-23)13-25;;/h6-8,11,16H,4-5,9-10,12-13,23H2,1-3H3;2*1H. The van der Waals surface area contributed by atoms with Crippen LogP contribution in [0.4, 0.5) is 13.2 Å². The summed E-state index contributed by atoms with van der Waals surface area (Å²) in [5, 5.41) is 0. The lowest BCUT2D eigenvalue weighted by atomic mass is 9.90. The summed E-state index contributed by atoms with van der Waals surface area (Å²) >= 11 is 0. The lowest BCUT2D eigenvalue weighted by molar-refractivity contribution is -0.139. The van der Waals surface area contributed by atoms with Crippen molar-refractivity contribution >= 4 is 30.7 Å². The molecule has 1 aromatic carbocycles. The zero-order valence-electron chi connectivity index (χ0n) is 16.5. The van der Waals surface area contributed by atoms with Crippen LogP contribution in [0.25, 0.3) is 0 Å². The normalized spacial score (nSPS) is 20.5. The van der Waals surface area contributed by atoms with Gasteiger partial charge in [-0.1, -0.05) is 32.9 Å². The van der Waals surface area contributed by atoms with E-state index in [1.54, 1.807) is 11.0 Å². The molecule has 0 aliphatic carbocycles. The quantitative estimate of drug-likeness (QED) is 0.718. The van der Waals surface area contributed by atoms with E-state index in [0.717, 1.165) is 18.6 Å². The molecule has 4 nitrogen and oxygen atoms in total. The molecule has 1 aromatic rings. The summed E-state index contributed by atoms with van der Waals surface area (Å²) in [4.78, 5) is 16.9. The van der Waals surface area contributed by atoms with Crippen LogP contribution in [0.2, 0.25) is 0 Å². The van der Waals surface area contributed by atoms with E-state index >= 15 is 0 Å². The van der Waals surface area contributed by atoms with Crippen molar-refractivity contribution in [1.82, 2.24) is 9.80 Å². The fourth-order valence-electron chi connectivity index (χ4n) is 3.53. The highest BCUT2D eigenvalue weighted by atomic mass is 35.5. The number of likely N-dealkylation sites (N-methyl/N-ethyl adjacent to an activating group) is 1.